The fourth-order valence-corrected chi connectivity index (χ4v) is 1.11. The van der Waals surface area contributed by atoms with Crippen LogP contribution in [0.3, 0.4) is 0 Å². The van der Waals surface area contributed by atoms with Crippen molar-refractivity contribution in [3.8, 4) is 0 Å². The molecule has 0 saturated heterocycles. The lowest BCUT2D eigenvalue weighted by Gasteiger charge is -1.90. The van der Waals surface area contributed by atoms with Crippen LogP contribution in [0.25, 0.3) is 0 Å². The molecule has 0 amide bonds. The number of hydrogen-bond donors (Lipinski definition) is 1. The Kier molecular flexibility index (Phi) is 9.87. The monoisotopic (exact) mass is 149 g/mol. The third-order valence-electron chi connectivity index (χ3n) is 0.664. The van der Waals surface area contributed by atoms with Crippen LogP contribution in [0.2, 0.25) is 0 Å². The van der Waals surface area contributed by atoms with Crippen LogP contribution in [0.15, 0.2) is 25.3 Å². The molecule has 0 aromatic heterocycles. The van der Waals surface area contributed by atoms with Crippen molar-refractivity contribution in [2.24, 2.45) is 5.14 Å². The molecule has 0 spiro atoms. The summed E-state index contributed by atoms with van der Waals surface area (Å²) < 4.78 is 0. The van der Waals surface area contributed by atoms with Gasteiger partial charge in [-0.1, -0.05) is 13.2 Å². The second-order valence-corrected chi connectivity index (χ2v) is 3.19. The topological polar surface area (TPSA) is 26.0 Å². The Balaban J connectivity index is 0. The minimum atomic E-state index is -0.00617. The molecule has 0 bridgehead atoms. The van der Waals surface area contributed by atoms with E-state index in [-0.39, 0.29) is 15.8 Å². The highest BCUT2D eigenvalue weighted by atomic mass is 32.2. The molecule has 0 fully saturated rings. The fraction of sp³-hybridized carbons (Fsp3) is 0.333. The third kappa shape index (κ3) is 7.72. The number of rotatable bonds is 4. The molecule has 0 aliphatic carbocycles. The zero-order valence-corrected chi connectivity index (χ0v) is 6.16. The van der Waals surface area contributed by atoms with Crippen LogP contribution < -0.4 is 9.84 Å². The first kappa shape index (κ1) is 11.5. The van der Waals surface area contributed by atoms with Gasteiger partial charge in [-0.15, -0.1) is 0 Å². The molecule has 54 valence electrons. The normalized spacial score (nSPS) is 8.22. The predicted octanol–water partition coefficient (Wildman–Crippen LogP) is -2.15. The fourth-order valence-electron chi connectivity index (χ4n) is 0.371. The van der Waals surface area contributed by atoms with Gasteiger partial charge in [0.2, 0.25) is 0 Å². The van der Waals surface area contributed by atoms with Crippen LogP contribution in [0.5, 0.6) is 0 Å². The number of nitrogens with two attached hydrogens (primary N) is 1. The predicted molar refractivity (Wildman–Crippen MR) is 41.7 cm³/mol. The average Bonchev–Trinajstić information content (AvgIpc) is 1.68. The van der Waals surface area contributed by atoms with E-state index in [1.54, 1.807) is 0 Å². The first-order valence-corrected chi connectivity index (χ1v) is 4.07. The van der Waals surface area contributed by atoms with Gasteiger partial charge in [0, 0.05) is 0 Å². The van der Waals surface area contributed by atoms with E-state index in [1.807, 2.05) is 12.2 Å². The highest BCUT2D eigenvalue weighted by Gasteiger charge is 2.03. The molecule has 0 radical (unpaired) electrons. The van der Waals surface area contributed by atoms with Crippen LogP contribution in [-0.2, 0) is 11.1 Å². The standard InChI is InChI=1S/C6H12NS.FH/c1-3-5-8(7)6-4-2;/h3-4H,1-2,5-7H2;1H/q+1;/p-1. The summed E-state index contributed by atoms with van der Waals surface area (Å²) in [6.45, 7) is 7.15. The van der Waals surface area contributed by atoms with Crippen molar-refractivity contribution in [3.05, 3.63) is 25.3 Å². The number of halogens is 1. The van der Waals surface area contributed by atoms with Crippen LogP contribution in [0.1, 0.15) is 0 Å². The molecule has 3 heteroatoms. The van der Waals surface area contributed by atoms with E-state index in [2.05, 4.69) is 13.2 Å². The molecule has 0 heterocycles. The summed E-state index contributed by atoms with van der Waals surface area (Å²) in [6, 6.07) is 0. The Labute approximate surface area is 58.5 Å². The minimum Gasteiger partial charge on any atom is -1.00 e. The molecule has 1 nitrogen and oxygen atoms in total. The molecule has 0 aromatic rings. The summed E-state index contributed by atoms with van der Waals surface area (Å²) in [6.07, 6.45) is 3.68. The van der Waals surface area contributed by atoms with E-state index in [9.17, 15) is 0 Å². The molecule has 0 atom stereocenters. The van der Waals surface area contributed by atoms with Gasteiger partial charge in [0.15, 0.2) is 0 Å². The molecular weight excluding hydrogens is 137 g/mol. The lowest BCUT2D eigenvalue weighted by molar-refractivity contribution is -0.00000186. The van der Waals surface area contributed by atoms with Crippen molar-refractivity contribution in [1.82, 2.24) is 0 Å². The van der Waals surface area contributed by atoms with E-state index < -0.39 is 0 Å². The van der Waals surface area contributed by atoms with Crippen molar-refractivity contribution in [1.29, 1.82) is 0 Å². The van der Waals surface area contributed by atoms with Crippen LogP contribution in [-0.4, -0.2) is 11.5 Å². The van der Waals surface area contributed by atoms with Crippen LogP contribution in [0, 0.1) is 0 Å². The van der Waals surface area contributed by atoms with E-state index in [1.165, 1.54) is 0 Å². The smallest absolute Gasteiger partial charge is 0.145 e. The molecule has 0 aliphatic heterocycles. The van der Waals surface area contributed by atoms with Gasteiger partial charge >= 0.3 is 0 Å². The van der Waals surface area contributed by atoms with Gasteiger partial charge in [-0.05, 0) is 12.2 Å². The van der Waals surface area contributed by atoms with Crippen molar-refractivity contribution < 1.29 is 4.70 Å². The summed E-state index contributed by atoms with van der Waals surface area (Å²) in [5, 5.41) is 5.58. The average molecular weight is 149 g/mol. The van der Waals surface area contributed by atoms with Crippen molar-refractivity contribution in [3.63, 3.8) is 0 Å². The Hall–Kier alpha value is -0.280. The molecule has 0 rings (SSSR count). The van der Waals surface area contributed by atoms with Crippen LogP contribution >= 0.6 is 0 Å². The Morgan fingerprint density at radius 2 is 1.56 bits per heavy atom. The summed E-state index contributed by atoms with van der Waals surface area (Å²) in [5.41, 5.74) is 0. The zero-order chi connectivity index (χ0) is 6.41. The Bertz CT molecular complexity index is 75.1. The van der Waals surface area contributed by atoms with Gasteiger partial charge < -0.3 is 4.70 Å². The first-order valence-electron chi connectivity index (χ1n) is 2.45. The van der Waals surface area contributed by atoms with Gasteiger partial charge in [0.05, 0.1) is 11.1 Å². The quantitative estimate of drug-likeness (QED) is 0.358. The Morgan fingerprint density at radius 1 is 1.22 bits per heavy atom. The summed E-state index contributed by atoms with van der Waals surface area (Å²) in [5.74, 6) is 1.82. The van der Waals surface area contributed by atoms with Gasteiger partial charge in [-0.25, -0.2) is 0 Å². The zero-order valence-electron chi connectivity index (χ0n) is 5.35. The largest absolute Gasteiger partial charge is 1.00 e. The maximum absolute atomic E-state index is 5.58. The molecule has 9 heavy (non-hydrogen) atoms. The summed E-state index contributed by atoms with van der Waals surface area (Å²) >= 11 is -0.00617. The first-order chi connectivity index (χ1) is 3.81. The summed E-state index contributed by atoms with van der Waals surface area (Å²) in [7, 11) is 0. The van der Waals surface area contributed by atoms with Gasteiger partial charge in [0.1, 0.15) is 11.5 Å². The second-order valence-electron chi connectivity index (χ2n) is 1.45. The van der Waals surface area contributed by atoms with E-state index in [0.717, 1.165) is 11.5 Å². The molecule has 2 N–H and O–H groups in total. The van der Waals surface area contributed by atoms with Crippen molar-refractivity contribution in [2.45, 2.75) is 0 Å². The minimum absolute atomic E-state index is 0. The lowest BCUT2D eigenvalue weighted by Crippen LogP contribution is -3.00. The Morgan fingerprint density at radius 3 is 1.78 bits per heavy atom. The van der Waals surface area contributed by atoms with Gasteiger partial charge in [0.25, 0.3) is 0 Å². The molecule has 0 aliphatic rings. The second kappa shape index (κ2) is 7.72. The highest BCUT2D eigenvalue weighted by molar-refractivity contribution is 7.94. The van der Waals surface area contributed by atoms with Crippen molar-refractivity contribution in [2.75, 3.05) is 11.5 Å². The molecule has 0 unspecified atom stereocenters. The molecule has 0 saturated carbocycles. The third-order valence-corrected chi connectivity index (χ3v) is 1.99. The highest BCUT2D eigenvalue weighted by Crippen LogP contribution is 1.85. The van der Waals surface area contributed by atoms with E-state index in [4.69, 9.17) is 5.14 Å². The van der Waals surface area contributed by atoms with Crippen LogP contribution in [0.4, 0.5) is 0 Å². The lowest BCUT2D eigenvalue weighted by atomic mass is 10.8. The molecule has 0 aromatic carbocycles. The van der Waals surface area contributed by atoms with E-state index >= 15 is 0 Å². The SMILES string of the molecule is C=CC[S+](N)CC=C.[F-]. The van der Waals surface area contributed by atoms with Gasteiger partial charge in [-0.2, -0.15) is 5.14 Å². The maximum atomic E-state index is 5.58. The maximum Gasteiger partial charge on any atom is 0.145 e. The van der Waals surface area contributed by atoms with Crippen molar-refractivity contribution >= 4 is 11.1 Å². The number of hydrogen-bond acceptors (Lipinski definition) is 1. The molecular formula is C6H12FNS. The van der Waals surface area contributed by atoms with Gasteiger partial charge in [-0.3, -0.25) is 0 Å². The van der Waals surface area contributed by atoms with E-state index in [0.29, 0.717) is 0 Å². The summed E-state index contributed by atoms with van der Waals surface area (Å²) in [4.78, 5) is 0.